The highest BCUT2D eigenvalue weighted by molar-refractivity contribution is 7.66. The molecule has 0 amide bonds. The van der Waals surface area contributed by atoms with E-state index >= 15 is 0 Å². The van der Waals surface area contributed by atoms with Crippen molar-refractivity contribution in [3.63, 3.8) is 0 Å². The second-order valence-electron chi connectivity index (χ2n) is 5.02. The monoisotopic (exact) mass is 282 g/mol. The van der Waals surface area contributed by atoms with Gasteiger partial charge in [-0.25, -0.2) is 0 Å². The Labute approximate surface area is 116 Å². The van der Waals surface area contributed by atoms with E-state index in [4.69, 9.17) is 0 Å². The molecule has 0 aromatic rings. The maximum atomic E-state index is 13.0. The van der Waals surface area contributed by atoms with Crippen molar-refractivity contribution in [3.05, 3.63) is 23.3 Å². The van der Waals surface area contributed by atoms with Gasteiger partial charge in [-0.05, 0) is 34.6 Å². The Morgan fingerprint density at radius 3 is 1.84 bits per heavy atom. The molecule has 106 valence electrons. The number of carbonyl (C=O) groups is 1. The van der Waals surface area contributed by atoms with Crippen LogP contribution in [0.25, 0.3) is 0 Å². The second kappa shape index (κ2) is 8.02. The van der Waals surface area contributed by atoms with Gasteiger partial charge < -0.3 is 9.67 Å². The molecule has 1 unspecified atom stereocenters. The summed E-state index contributed by atoms with van der Waals surface area (Å²) in [6.45, 7) is 9.21. The third-order valence-electron chi connectivity index (χ3n) is 2.60. The van der Waals surface area contributed by atoms with Gasteiger partial charge in [0.25, 0.3) is 0 Å². The number of allylic oxidation sites excluding steroid dienone is 4. The average Bonchev–Trinajstić information content (AvgIpc) is 2.30. The first-order chi connectivity index (χ1) is 8.73. The maximum absolute atomic E-state index is 13.0. The lowest BCUT2D eigenvalue weighted by Gasteiger charge is -2.19. The van der Waals surface area contributed by atoms with E-state index in [1.54, 1.807) is 6.92 Å². The number of hydrogen-bond acceptors (Lipinski definition) is 2. The summed E-state index contributed by atoms with van der Waals surface area (Å²) in [5.41, 5.74) is 0.987. The lowest BCUT2D eigenvalue weighted by molar-refractivity contribution is -0.135. The van der Waals surface area contributed by atoms with Crippen molar-refractivity contribution in [2.75, 3.05) is 12.3 Å². The van der Waals surface area contributed by atoms with Crippen LogP contribution in [0.3, 0.4) is 0 Å². The van der Waals surface area contributed by atoms with Crippen LogP contribution in [0.4, 0.5) is 0 Å². The van der Waals surface area contributed by atoms with Gasteiger partial charge in [0.1, 0.15) is 7.14 Å². The Hall–Kier alpha value is -1.26. The molecule has 1 atom stereocenters. The van der Waals surface area contributed by atoms with Crippen molar-refractivity contribution in [2.45, 2.75) is 40.3 Å². The second-order valence-corrected chi connectivity index (χ2v) is 8.17. The van der Waals surface area contributed by atoms with Crippen LogP contribution >= 0.6 is 7.14 Å². The molecule has 0 fully saturated rings. The van der Waals surface area contributed by atoms with E-state index < -0.39 is 18.8 Å². The fourth-order valence-electron chi connectivity index (χ4n) is 1.48. The third-order valence-corrected chi connectivity index (χ3v) is 5.50. The molecule has 3 nitrogen and oxygen atoms in total. The average molecular weight is 282 g/mol. The minimum absolute atomic E-state index is 0.282. The van der Waals surface area contributed by atoms with Gasteiger partial charge in [0.2, 0.25) is 0 Å². The number of carboxylic acids is 1. The molecule has 0 aliphatic heterocycles. The fraction of sp³-hybridized carbons (Fsp3) is 0.533. The summed E-state index contributed by atoms with van der Waals surface area (Å²) in [7, 11) is -2.94. The Morgan fingerprint density at radius 2 is 1.58 bits per heavy atom. The molecule has 0 aliphatic rings. The normalized spacial score (nSPS) is 11.8. The van der Waals surface area contributed by atoms with Crippen molar-refractivity contribution in [2.24, 2.45) is 0 Å². The minimum atomic E-state index is -2.94. The highest BCUT2D eigenvalue weighted by Gasteiger charge is 2.35. The summed E-state index contributed by atoms with van der Waals surface area (Å²) >= 11 is 0. The molecular formula is C15H23O3P. The lowest BCUT2D eigenvalue weighted by atomic mass is 10.3. The molecule has 0 spiro atoms. The van der Waals surface area contributed by atoms with E-state index in [-0.39, 0.29) is 12.3 Å². The summed E-state index contributed by atoms with van der Waals surface area (Å²) in [5, 5.41) is 9.25. The van der Waals surface area contributed by atoms with Gasteiger partial charge in [0.15, 0.2) is 5.66 Å². The number of aliphatic carboxylic acids is 1. The van der Waals surface area contributed by atoms with Gasteiger partial charge in [-0.15, -0.1) is 5.92 Å². The van der Waals surface area contributed by atoms with Crippen molar-refractivity contribution >= 4 is 13.1 Å². The van der Waals surface area contributed by atoms with Crippen LogP contribution in [0.5, 0.6) is 0 Å². The van der Waals surface area contributed by atoms with Crippen LogP contribution in [-0.2, 0) is 9.36 Å². The predicted octanol–water partition coefficient (Wildman–Crippen LogP) is 3.76. The minimum Gasteiger partial charge on any atom is -0.480 e. The Bertz CT molecular complexity index is 457. The predicted molar refractivity (Wildman–Crippen MR) is 81.1 cm³/mol. The molecular weight excluding hydrogens is 259 g/mol. The van der Waals surface area contributed by atoms with Gasteiger partial charge in [-0.3, -0.25) is 4.79 Å². The molecule has 0 saturated carbocycles. The first-order valence-electron chi connectivity index (χ1n) is 6.22. The molecule has 0 rings (SSSR count). The zero-order valence-electron chi connectivity index (χ0n) is 12.4. The van der Waals surface area contributed by atoms with E-state index in [0.29, 0.717) is 0 Å². The van der Waals surface area contributed by atoms with Gasteiger partial charge in [0, 0.05) is 12.3 Å². The highest BCUT2D eigenvalue weighted by Crippen LogP contribution is 2.51. The number of hydrogen-bond donors (Lipinski definition) is 1. The Morgan fingerprint density at radius 1 is 1.16 bits per heavy atom. The van der Waals surface area contributed by atoms with Crippen LogP contribution in [0.2, 0.25) is 0 Å². The topological polar surface area (TPSA) is 54.4 Å². The Balaban J connectivity index is 5.50. The summed E-state index contributed by atoms with van der Waals surface area (Å²) in [6, 6.07) is 0. The van der Waals surface area contributed by atoms with Crippen molar-refractivity contribution in [3.8, 4) is 11.8 Å². The van der Waals surface area contributed by atoms with Gasteiger partial charge in [0.05, 0.1) is 0 Å². The van der Waals surface area contributed by atoms with Crippen molar-refractivity contribution in [1.29, 1.82) is 0 Å². The van der Waals surface area contributed by atoms with E-state index in [1.165, 1.54) is 0 Å². The van der Waals surface area contributed by atoms with Crippen LogP contribution < -0.4 is 0 Å². The summed E-state index contributed by atoms with van der Waals surface area (Å²) < 4.78 is 13.0. The third kappa shape index (κ3) is 6.45. The molecule has 0 heterocycles. The van der Waals surface area contributed by atoms with Gasteiger partial charge >= 0.3 is 5.97 Å². The van der Waals surface area contributed by atoms with E-state index in [0.717, 1.165) is 11.1 Å². The molecule has 0 aliphatic carbocycles. The molecule has 0 aromatic heterocycles. The summed E-state index contributed by atoms with van der Waals surface area (Å²) in [6.07, 6.45) is 4.25. The summed E-state index contributed by atoms with van der Waals surface area (Å²) in [5.74, 6) is 4.09. The molecule has 0 bridgehead atoms. The molecule has 0 radical (unpaired) electrons. The van der Waals surface area contributed by atoms with Crippen LogP contribution in [0, 0.1) is 11.8 Å². The fourth-order valence-corrected chi connectivity index (χ4v) is 4.16. The van der Waals surface area contributed by atoms with Crippen LogP contribution in [0.15, 0.2) is 23.3 Å². The zero-order valence-corrected chi connectivity index (χ0v) is 13.3. The highest BCUT2D eigenvalue weighted by atomic mass is 31.2. The SMILES string of the molecule is CC#CC(C(=O)O)P(=O)(CC=C(C)C)CC=C(C)C. The van der Waals surface area contributed by atoms with Crippen LogP contribution in [0.1, 0.15) is 34.6 Å². The lowest BCUT2D eigenvalue weighted by Crippen LogP contribution is -2.21. The van der Waals surface area contributed by atoms with Crippen molar-refractivity contribution in [1.82, 2.24) is 0 Å². The maximum Gasteiger partial charge on any atom is 0.326 e. The largest absolute Gasteiger partial charge is 0.480 e. The van der Waals surface area contributed by atoms with E-state index in [9.17, 15) is 14.5 Å². The molecule has 19 heavy (non-hydrogen) atoms. The number of carboxylic acid groups (broad SMARTS) is 1. The van der Waals surface area contributed by atoms with Crippen molar-refractivity contribution < 1.29 is 14.5 Å². The van der Waals surface area contributed by atoms with E-state index in [2.05, 4.69) is 11.8 Å². The Kier molecular flexibility index (Phi) is 7.49. The van der Waals surface area contributed by atoms with Crippen LogP contribution in [-0.4, -0.2) is 29.1 Å². The number of rotatable bonds is 6. The molecule has 4 heteroatoms. The first kappa shape index (κ1) is 17.7. The molecule has 0 saturated heterocycles. The quantitative estimate of drug-likeness (QED) is 0.458. The van der Waals surface area contributed by atoms with E-state index in [1.807, 2.05) is 39.8 Å². The zero-order chi connectivity index (χ0) is 15.1. The molecule has 1 N–H and O–H groups in total. The first-order valence-corrected chi connectivity index (χ1v) is 8.37. The summed E-state index contributed by atoms with van der Waals surface area (Å²) in [4.78, 5) is 11.3. The van der Waals surface area contributed by atoms with Gasteiger partial charge in [-0.1, -0.05) is 29.2 Å². The van der Waals surface area contributed by atoms with Gasteiger partial charge in [-0.2, -0.15) is 0 Å². The molecule has 0 aromatic carbocycles. The smallest absolute Gasteiger partial charge is 0.326 e. The standard InChI is InChI=1S/C15H23O3P/c1-6-7-14(15(16)17)19(18,10-8-12(2)3)11-9-13(4)5/h8-9,14H,10-11H2,1-5H3,(H,16,17).